The molecule has 1 atom stereocenters. The van der Waals surface area contributed by atoms with Crippen LogP contribution >= 0.6 is 0 Å². The van der Waals surface area contributed by atoms with Crippen LogP contribution in [0.2, 0.25) is 0 Å². The second-order valence-electron chi connectivity index (χ2n) is 5.16. The molecule has 2 aromatic rings. The lowest BCUT2D eigenvalue weighted by Gasteiger charge is -2.07. The molecule has 118 valence electrons. The molecule has 0 radical (unpaired) electrons. The minimum absolute atomic E-state index is 0.0522. The highest BCUT2D eigenvalue weighted by molar-refractivity contribution is 5.93. The number of benzene rings is 1. The first-order valence-corrected chi connectivity index (χ1v) is 7.13. The molecule has 0 spiro atoms. The van der Waals surface area contributed by atoms with Crippen molar-refractivity contribution in [1.82, 2.24) is 20.3 Å². The zero-order valence-corrected chi connectivity index (χ0v) is 13.0. The van der Waals surface area contributed by atoms with Gasteiger partial charge in [0, 0.05) is 12.6 Å². The zero-order chi connectivity index (χ0) is 16.1. The average molecular weight is 303 g/mol. The molecule has 0 aliphatic carbocycles. The van der Waals surface area contributed by atoms with Crippen LogP contribution in [-0.2, 0) is 0 Å². The third-order valence-electron chi connectivity index (χ3n) is 3.31. The number of nitrogens with two attached hydrogens (primary N) is 1. The Labute approximate surface area is 129 Å². The standard InChI is InChI=1S/C15H21N5O2/c1-10(16)8-9-17-15(21)14-11(2)20(19-18-14)12-4-6-13(22-3)7-5-12/h4-7,10H,8-9,16H2,1-3H3,(H,17,21). The lowest BCUT2D eigenvalue weighted by atomic mass is 10.2. The summed E-state index contributed by atoms with van der Waals surface area (Å²) in [5, 5.41) is 10.8. The molecule has 7 nitrogen and oxygen atoms in total. The third kappa shape index (κ3) is 3.62. The van der Waals surface area contributed by atoms with Gasteiger partial charge >= 0.3 is 0 Å². The number of ether oxygens (including phenoxy) is 1. The van der Waals surface area contributed by atoms with Gasteiger partial charge in [-0.05, 0) is 44.5 Å². The normalized spacial score (nSPS) is 12.0. The van der Waals surface area contributed by atoms with Gasteiger partial charge in [0.05, 0.1) is 18.5 Å². The van der Waals surface area contributed by atoms with Crippen molar-refractivity contribution in [3.63, 3.8) is 0 Å². The first-order chi connectivity index (χ1) is 10.5. The summed E-state index contributed by atoms with van der Waals surface area (Å²) in [6, 6.07) is 7.44. The highest BCUT2D eigenvalue weighted by Crippen LogP contribution is 2.16. The van der Waals surface area contributed by atoms with Gasteiger partial charge < -0.3 is 15.8 Å². The molecule has 0 bridgehead atoms. The zero-order valence-electron chi connectivity index (χ0n) is 13.0. The molecule has 1 heterocycles. The van der Waals surface area contributed by atoms with E-state index in [1.807, 2.05) is 38.1 Å². The van der Waals surface area contributed by atoms with E-state index in [0.29, 0.717) is 17.9 Å². The van der Waals surface area contributed by atoms with Gasteiger partial charge in [0.15, 0.2) is 5.69 Å². The van der Waals surface area contributed by atoms with Crippen molar-refractivity contribution < 1.29 is 9.53 Å². The smallest absolute Gasteiger partial charge is 0.273 e. The number of rotatable bonds is 6. The van der Waals surface area contributed by atoms with E-state index in [4.69, 9.17) is 10.5 Å². The maximum atomic E-state index is 12.1. The topological polar surface area (TPSA) is 95.1 Å². The van der Waals surface area contributed by atoms with E-state index in [0.717, 1.165) is 17.9 Å². The van der Waals surface area contributed by atoms with Crippen molar-refractivity contribution in [3.8, 4) is 11.4 Å². The Bertz CT molecular complexity index is 634. The molecule has 1 amide bonds. The predicted molar refractivity (Wildman–Crippen MR) is 83.2 cm³/mol. The minimum Gasteiger partial charge on any atom is -0.497 e. The summed E-state index contributed by atoms with van der Waals surface area (Å²) < 4.78 is 6.75. The van der Waals surface area contributed by atoms with Crippen LogP contribution < -0.4 is 15.8 Å². The van der Waals surface area contributed by atoms with Gasteiger partial charge in [0.1, 0.15) is 5.75 Å². The molecule has 7 heteroatoms. The molecule has 0 saturated carbocycles. The molecule has 1 unspecified atom stereocenters. The fourth-order valence-corrected chi connectivity index (χ4v) is 2.00. The van der Waals surface area contributed by atoms with Crippen LogP contribution in [0.3, 0.4) is 0 Å². The number of carbonyl (C=O) groups is 1. The van der Waals surface area contributed by atoms with Crippen molar-refractivity contribution in [1.29, 1.82) is 0 Å². The highest BCUT2D eigenvalue weighted by atomic mass is 16.5. The number of hydrogen-bond donors (Lipinski definition) is 2. The molecule has 0 saturated heterocycles. The van der Waals surface area contributed by atoms with Gasteiger partial charge in [-0.2, -0.15) is 0 Å². The molecule has 1 aromatic carbocycles. The Kier molecular flexibility index (Phi) is 5.11. The fraction of sp³-hybridized carbons (Fsp3) is 0.400. The first kappa shape index (κ1) is 16.0. The van der Waals surface area contributed by atoms with Crippen LogP contribution in [-0.4, -0.2) is 40.6 Å². The Hall–Kier alpha value is -2.41. The largest absolute Gasteiger partial charge is 0.497 e. The van der Waals surface area contributed by atoms with Crippen molar-refractivity contribution >= 4 is 5.91 Å². The Morgan fingerprint density at radius 3 is 2.68 bits per heavy atom. The maximum Gasteiger partial charge on any atom is 0.273 e. The third-order valence-corrected chi connectivity index (χ3v) is 3.31. The van der Waals surface area contributed by atoms with E-state index in [-0.39, 0.29) is 11.9 Å². The maximum absolute atomic E-state index is 12.1. The average Bonchev–Trinajstić information content (AvgIpc) is 2.88. The molecule has 22 heavy (non-hydrogen) atoms. The fourth-order valence-electron chi connectivity index (χ4n) is 2.00. The summed E-state index contributed by atoms with van der Waals surface area (Å²) in [7, 11) is 1.61. The molecule has 1 aromatic heterocycles. The molecular formula is C15H21N5O2. The predicted octanol–water partition coefficient (Wildman–Crippen LogP) is 1.05. The molecule has 0 aliphatic heterocycles. The summed E-state index contributed by atoms with van der Waals surface area (Å²) in [5.74, 6) is 0.522. The number of amides is 1. The minimum atomic E-state index is -0.238. The number of carbonyl (C=O) groups excluding carboxylic acids is 1. The summed E-state index contributed by atoms with van der Waals surface area (Å²) in [4.78, 5) is 12.1. The second kappa shape index (κ2) is 7.04. The van der Waals surface area contributed by atoms with Crippen LogP contribution in [0.1, 0.15) is 29.5 Å². The molecule has 2 rings (SSSR count). The Morgan fingerprint density at radius 1 is 1.41 bits per heavy atom. The molecular weight excluding hydrogens is 282 g/mol. The van der Waals surface area contributed by atoms with E-state index < -0.39 is 0 Å². The summed E-state index contributed by atoms with van der Waals surface area (Å²) >= 11 is 0. The van der Waals surface area contributed by atoms with Crippen LogP contribution in [0.5, 0.6) is 5.75 Å². The van der Waals surface area contributed by atoms with Gasteiger partial charge in [0.2, 0.25) is 0 Å². The summed E-state index contributed by atoms with van der Waals surface area (Å²) in [6.45, 7) is 4.23. The highest BCUT2D eigenvalue weighted by Gasteiger charge is 2.17. The van der Waals surface area contributed by atoms with Gasteiger partial charge in [0.25, 0.3) is 5.91 Å². The first-order valence-electron chi connectivity index (χ1n) is 7.13. The number of hydrogen-bond acceptors (Lipinski definition) is 5. The van der Waals surface area contributed by atoms with Gasteiger partial charge in [-0.3, -0.25) is 4.79 Å². The van der Waals surface area contributed by atoms with Crippen LogP contribution in [0.4, 0.5) is 0 Å². The molecule has 0 aliphatic rings. The Morgan fingerprint density at radius 2 is 2.09 bits per heavy atom. The quantitative estimate of drug-likeness (QED) is 0.831. The number of aromatic nitrogens is 3. The van der Waals surface area contributed by atoms with E-state index in [1.54, 1.807) is 11.8 Å². The van der Waals surface area contributed by atoms with Crippen molar-refractivity contribution in [3.05, 3.63) is 35.7 Å². The molecule has 0 fully saturated rings. The van der Waals surface area contributed by atoms with Gasteiger partial charge in [-0.15, -0.1) is 5.10 Å². The lowest BCUT2D eigenvalue weighted by Crippen LogP contribution is -2.29. The number of nitrogens with zero attached hydrogens (tertiary/aromatic N) is 3. The van der Waals surface area contributed by atoms with E-state index >= 15 is 0 Å². The number of methoxy groups -OCH3 is 1. The SMILES string of the molecule is COc1ccc(-n2nnc(C(=O)NCCC(C)N)c2C)cc1. The van der Waals surface area contributed by atoms with Crippen molar-refractivity contribution in [2.45, 2.75) is 26.3 Å². The van der Waals surface area contributed by atoms with Gasteiger partial charge in [-0.1, -0.05) is 5.21 Å². The van der Waals surface area contributed by atoms with Crippen LogP contribution in [0.15, 0.2) is 24.3 Å². The lowest BCUT2D eigenvalue weighted by molar-refractivity contribution is 0.0947. The summed E-state index contributed by atoms with van der Waals surface area (Å²) in [6.07, 6.45) is 0.720. The van der Waals surface area contributed by atoms with Crippen molar-refractivity contribution in [2.75, 3.05) is 13.7 Å². The second-order valence-corrected chi connectivity index (χ2v) is 5.16. The van der Waals surface area contributed by atoms with Crippen LogP contribution in [0, 0.1) is 6.92 Å². The van der Waals surface area contributed by atoms with Crippen molar-refractivity contribution in [2.24, 2.45) is 5.73 Å². The van der Waals surface area contributed by atoms with E-state index in [9.17, 15) is 4.79 Å². The van der Waals surface area contributed by atoms with E-state index in [2.05, 4.69) is 15.6 Å². The van der Waals surface area contributed by atoms with Crippen LogP contribution in [0.25, 0.3) is 5.69 Å². The van der Waals surface area contributed by atoms with E-state index in [1.165, 1.54) is 0 Å². The van der Waals surface area contributed by atoms with Gasteiger partial charge in [-0.25, -0.2) is 4.68 Å². The molecule has 3 N–H and O–H groups in total. The monoisotopic (exact) mass is 303 g/mol. The Balaban J connectivity index is 2.12. The summed E-state index contributed by atoms with van der Waals surface area (Å²) in [5.41, 5.74) is 7.48. The number of nitrogens with one attached hydrogen (secondary N) is 1.